The largest absolute Gasteiger partial charge is 0.396 e. The predicted octanol–water partition coefficient (Wildman–Crippen LogP) is 2.86. The molecule has 0 aromatic carbocycles. The van der Waals surface area contributed by atoms with Crippen LogP contribution in [0.1, 0.15) is 46.0 Å². The lowest BCUT2D eigenvalue weighted by Gasteiger charge is -2.30. The van der Waals surface area contributed by atoms with Gasteiger partial charge in [0.1, 0.15) is 0 Å². The first-order valence-electron chi connectivity index (χ1n) is 5.75. The summed E-state index contributed by atoms with van der Waals surface area (Å²) >= 11 is 0. The minimum Gasteiger partial charge on any atom is -0.396 e. The molecule has 0 aliphatic heterocycles. The van der Waals surface area contributed by atoms with E-state index < -0.39 is 12.6 Å². The van der Waals surface area contributed by atoms with Gasteiger partial charge in [0.15, 0.2) is 0 Å². The van der Waals surface area contributed by atoms with Gasteiger partial charge in [-0.2, -0.15) is 13.2 Å². The summed E-state index contributed by atoms with van der Waals surface area (Å²) in [6.45, 7) is 4.64. The van der Waals surface area contributed by atoms with Crippen LogP contribution < -0.4 is 5.32 Å². The van der Waals surface area contributed by atoms with E-state index in [1.54, 1.807) is 0 Å². The van der Waals surface area contributed by atoms with Gasteiger partial charge in [-0.3, -0.25) is 0 Å². The van der Waals surface area contributed by atoms with Gasteiger partial charge in [0.2, 0.25) is 0 Å². The number of hydrogen-bond donors (Lipinski definition) is 2. The summed E-state index contributed by atoms with van der Waals surface area (Å²) in [4.78, 5) is 0. The van der Waals surface area contributed by atoms with Crippen LogP contribution >= 0.6 is 0 Å². The first-order chi connectivity index (χ1) is 7.33. The lowest BCUT2D eigenvalue weighted by molar-refractivity contribution is -0.136. The minimum absolute atomic E-state index is 0.000762. The van der Waals surface area contributed by atoms with Gasteiger partial charge in [-0.1, -0.05) is 6.92 Å². The van der Waals surface area contributed by atoms with Crippen molar-refractivity contribution in [2.75, 3.05) is 13.2 Å². The van der Waals surface area contributed by atoms with Crippen molar-refractivity contribution in [3.05, 3.63) is 0 Å². The normalized spacial score (nSPS) is 16.1. The van der Waals surface area contributed by atoms with Crippen LogP contribution in [0.25, 0.3) is 0 Å². The molecule has 1 unspecified atom stereocenters. The number of aliphatic hydroxyl groups is 1. The molecule has 0 aromatic rings. The summed E-state index contributed by atoms with van der Waals surface area (Å²) in [5.74, 6) is 0. The molecular weight excluding hydrogens is 219 g/mol. The second kappa shape index (κ2) is 7.12. The fourth-order valence-electron chi connectivity index (χ4n) is 1.65. The van der Waals surface area contributed by atoms with Gasteiger partial charge in [0.25, 0.3) is 0 Å². The molecule has 0 saturated carbocycles. The van der Waals surface area contributed by atoms with E-state index in [9.17, 15) is 13.2 Å². The maximum Gasteiger partial charge on any atom is 0.389 e. The van der Waals surface area contributed by atoms with E-state index in [1.807, 2.05) is 13.8 Å². The highest BCUT2D eigenvalue weighted by Crippen LogP contribution is 2.26. The number of rotatable bonds is 8. The van der Waals surface area contributed by atoms with E-state index in [2.05, 4.69) is 5.32 Å². The van der Waals surface area contributed by atoms with E-state index in [4.69, 9.17) is 5.11 Å². The molecular formula is C11H22F3NO. The van der Waals surface area contributed by atoms with Gasteiger partial charge in [-0.25, -0.2) is 0 Å². The van der Waals surface area contributed by atoms with Crippen molar-refractivity contribution < 1.29 is 18.3 Å². The zero-order valence-electron chi connectivity index (χ0n) is 10.0. The Morgan fingerprint density at radius 2 is 1.75 bits per heavy atom. The minimum atomic E-state index is -4.08. The first kappa shape index (κ1) is 15.7. The summed E-state index contributed by atoms with van der Waals surface area (Å²) in [6, 6.07) is 0. The molecule has 0 aliphatic carbocycles. The Morgan fingerprint density at radius 1 is 1.12 bits per heavy atom. The van der Waals surface area contributed by atoms with Gasteiger partial charge < -0.3 is 10.4 Å². The fourth-order valence-corrected chi connectivity index (χ4v) is 1.65. The number of nitrogens with one attached hydrogen (secondary N) is 1. The Bertz CT molecular complexity index is 185. The fraction of sp³-hybridized carbons (Fsp3) is 1.00. The molecule has 0 bridgehead atoms. The second-order valence-corrected chi connectivity index (χ2v) is 4.43. The van der Waals surface area contributed by atoms with Crippen molar-refractivity contribution in [1.82, 2.24) is 5.32 Å². The Morgan fingerprint density at radius 3 is 2.19 bits per heavy atom. The summed E-state index contributed by atoms with van der Waals surface area (Å²) in [5, 5.41) is 12.1. The molecule has 0 aliphatic rings. The molecule has 0 heterocycles. The van der Waals surface area contributed by atoms with Crippen LogP contribution in [0.5, 0.6) is 0 Å². The highest BCUT2D eigenvalue weighted by Gasteiger charge is 2.29. The third-order valence-corrected chi connectivity index (χ3v) is 2.65. The molecule has 0 rings (SSSR count). The highest BCUT2D eigenvalue weighted by atomic mass is 19.4. The lowest BCUT2D eigenvalue weighted by Crippen LogP contribution is -2.43. The van der Waals surface area contributed by atoms with E-state index in [-0.39, 0.29) is 18.6 Å². The Labute approximate surface area is 95.2 Å². The summed E-state index contributed by atoms with van der Waals surface area (Å²) in [6.07, 6.45) is -2.86. The van der Waals surface area contributed by atoms with Crippen molar-refractivity contribution in [1.29, 1.82) is 0 Å². The van der Waals surface area contributed by atoms with Crippen LogP contribution in [-0.2, 0) is 0 Å². The molecule has 0 fully saturated rings. The lowest BCUT2D eigenvalue weighted by atomic mass is 9.91. The van der Waals surface area contributed by atoms with E-state index in [0.717, 1.165) is 13.0 Å². The molecule has 2 nitrogen and oxygen atoms in total. The standard InChI is InChI=1S/C11H22F3NO/c1-3-8-15-10(2,7-9-16)5-4-6-11(12,13)14/h15-16H,3-9H2,1-2H3. The van der Waals surface area contributed by atoms with Crippen molar-refractivity contribution >= 4 is 0 Å². The average molecular weight is 241 g/mol. The Kier molecular flexibility index (Phi) is 6.99. The van der Waals surface area contributed by atoms with Crippen molar-refractivity contribution in [2.24, 2.45) is 0 Å². The molecule has 0 aromatic heterocycles. The van der Waals surface area contributed by atoms with E-state index in [1.165, 1.54) is 0 Å². The number of alkyl halides is 3. The van der Waals surface area contributed by atoms with E-state index in [0.29, 0.717) is 12.8 Å². The second-order valence-electron chi connectivity index (χ2n) is 4.43. The van der Waals surface area contributed by atoms with E-state index >= 15 is 0 Å². The van der Waals surface area contributed by atoms with Crippen LogP contribution in [0.4, 0.5) is 13.2 Å². The Hall–Kier alpha value is -0.290. The zero-order valence-corrected chi connectivity index (χ0v) is 10.0. The predicted molar refractivity (Wildman–Crippen MR) is 58.3 cm³/mol. The summed E-state index contributed by atoms with van der Waals surface area (Å²) in [5.41, 5.74) is -0.379. The van der Waals surface area contributed by atoms with Gasteiger partial charge in [-0.15, -0.1) is 0 Å². The topological polar surface area (TPSA) is 32.3 Å². The van der Waals surface area contributed by atoms with Gasteiger partial charge in [-0.05, 0) is 39.2 Å². The number of aliphatic hydroxyl groups excluding tert-OH is 1. The van der Waals surface area contributed by atoms with Crippen LogP contribution in [0.3, 0.4) is 0 Å². The van der Waals surface area contributed by atoms with Crippen molar-refractivity contribution in [3.63, 3.8) is 0 Å². The SMILES string of the molecule is CCCNC(C)(CCO)CCCC(F)(F)F. The van der Waals surface area contributed by atoms with Crippen LogP contribution in [-0.4, -0.2) is 30.0 Å². The quantitative estimate of drug-likeness (QED) is 0.685. The number of hydrogen-bond acceptors (Lipinski definition) is 2. The van der Waals surface area contributed by atoms with Crippen molar-refractivity contribution in [2.45, 2.75) is 57.7 Å². The van der Waals surface area contributed by atoms with Crippen molar-refractivity contribution in [3.8, 4) is 0 Å². The van der Waals surface area contributed by atoms with Crippen LogP contribution in [0.2, 0.25) is 0 Å². The molecule has 0 spiro atoms. The molecule has 0 amide bonds. The third kappa shape index (κ3) is 7.93. The summed E-state index contributed by atoms with van der Waals surface area (Å²) < 4.78 is 36.0. The van der Waals surface area contributed by atoms with Gasteiger partial charge in [0, 0.05) is 18.6 Å². The summed E-state index contributed by atoms with van der Waals surface area (Å²) in [7, 11) is 0. The van der Waals surface area contributed by atoms with Gasteiger partial charge >= 0.3 is 6.18 Å². The highest BCUT2D eigenvalue weighted by molar-refractivity contribution is 4.82. The van der Waals surface area contributed by atoms with Gasteiger partial charge in [0.05, 0.1) is 0 Å². The zero-order chi connectivity index (χ0) is 12.7. The monoisotopic (exact) mass is 241 g/mol. The third-order valence-electron chi connectivity index (χ3n) is 2.65. The van der Waals surface area contributed by atoms with Crippen LogP contribution in [0.15, 0.2) is 0 Å². The maximum atomic E-state index is 12.0. The molecule has 1 atom stereocenters. The molecule has 98 valence electrons. The smallest absolute Gasteiger partial charge is 0.389 e. The first-order valence-corrected chi connectivity index (χ1v) is 5.75. The number of halogens is 3. The van der Waals surface area contributed by atoms with Crippen LogP contribution in [0, 0.1) is 0 Å². The molecule has 16 heavy (non-hydrogen) atoms. The molecule has 0 saturated heterocycles. The maximum absolute atomic E-state index is 12.0. The molecule has 5 heteroatoms. The molecule has 0 radical (unpaired) electrons. The molecule has 2 N–H and O–H groups in total. The average Bonchev–Trinajstić information content (AvgIpc) is 2.13. The Balaban J connectivity index is 4.01.